The minimum absolute atomic E-state index is 0.0638. The topological polar surface area (TPSA) is 78.9 Å². The van der Waals surface area contributed by atoms with Gasteiger partial charge in [-0.15, -0.1) is 0 Å². The molecule has 0 unspecified atom stereocenters. The van der Waals surface area contributed by atoms with Crippen LogP contribution in [0.3, 0.4) is 0 Å². The summed E-state index contributed by atoms with van der Waals surface area (Å²) < 4.78 is 16.9. The van der Waals surface area contributed by atoms with E-state index < -0.39 is 6.10 Å². The monoisotopic (exact) mass is 919 g/mol. The lowest BCUT2D eigenvalue weighted by atomic mass is 10.0. The van der Waals surface area contributed by atoms with E-state index >= 15 is 0 Å². The molecule has 0 aliphatic heterocycles. The molecular weight excluding hydrogens is 805 g/mol. The standard InChI is InChI=1S/C59H114O6/c1-53(2)45-39-33-27-21-16-13-11-9-7-8-10-12-14-18-24-30-36-42-48-57(60)63-51-56(52-64-58(61)49-43-37-31-26-20-23-29-35-41-47-55(5)6)65-59(62)50-44-38-32-25-19-15-17-22-28-34-40-46-54(3)4/h53-56H,7-52H2,1-6H3/t56-/m1/s1. The normalized spacial score (nSPS) is 12.1. The van der Waals surface area contributed by atoms with Crippen molar-refractivity contribution in [2.45, 2.75) is 330 Å². The number of hydrogen-bond acceptors (Lipinski definition) is 6. The number of esters is 3. The van der Waals surface area contributed by atoms with Gasteiger partial charge >= 0.3 is 17.9 Å². The molecule has 1 atom stereocenters. The number of carbonyl (C=O) groups excluding carboxylic acids is 3. The van der Waals surface area contributed by atoms with Crippen LogP contribution in [0.5, 0.6) is 0 Å². The van der Waals surface area contributed by atoms with Crippen molar-refractivity contribution >= 4 is 17.9 Å². The fourth-order valence-corrected chi connectivity index (χ4v) is 9.00. The largest absolute Gasteiger partial charge is 0.462 e. The SMILES string of the molecule is CC(C)CCCCCCCCCCCCCCCCCCCCC(=O)OC[C@H](COC(=O)CCCCCCCCCCCC(C)C)OC(=O)CCCCCCCCCCCCCC(C)C. The third-order valence-corrected chi connectivity index (χ3v) is 13.4. The number of rotatable bonds is 52. The van der Waals surface area contributed by atoms with Gasteiger partial charge in [0.15, 0.2) is 6.10 Å². The van der Waals surface area contributed by atoms with Gasteiger partial charge in [0, 0.05) is 19.3 Å². The van der Waals surface area contributed by atoms with E-state index in [-0.39, 0.29) is 31.1 Å². The summed E-state index contributed by atoms with van der Waals surface area (Å²) in [5.41, 5.74) is 0. The van der Waals surface area contributed by atoms with Crippen LogP contribution in [0.2, 0.25) is 0 Å². The number of unbranched alkanes of at least 4 members (excludes halogenated alkanes) is 35. The molecule has 0 bridgehead atoms. The molecule has 6 heteroatoms. The molecule has 0 fully saturated rings. The summed E-state index contributed by atoms with van der Waals surface area (Å²) in [6.07, 6.45) is 52.5. The van der Waals surface area contributed by atoms with Gasteiger partial charge < -0.3 is 14.2 Å². The van der Waals surface area contributed by atoms with Crippen LogP contribution in [0.25, 0.3) is 0 Å². The van der Waals surface area contributed by atoms with Crippen molar-refractivity contribution in [1.82, 2.24) is 0 Å². The minimum atomic E-state index is -0.763. The lowest BCUT2D eigenvalue weighted by Crippen LogP contribution is -2.30. The summed E-state index contributed by atoms with van der Waals surface area (Å²) in [5, 5.41) is 0. The Morgan fingerprint density at radius 3 is 0.662 bits per heavy atom. The van der Waals surface area contributed by atoms with Gasteiger partial charge in [-0.3, -0.25) is 14.4 Å². The summed E-state index contributed by atoms with van der Waals surface area (Å²) in [6, 6.07) is 0. The van der Waals surface area contributed by atoms with Gasteiger partial charge in [0.1, 0.15) is 13.2 Å². The molecule has 0 N–H and O–H groups in total. The first-order chi connectivity index (χ1) is 31.6. The molecule has 0 rings (SSSR count). The highest BCUT2D eigenvalue weighted by atomic mass is 16.6. The van der Waals surface area contributed by atoms with Crippen LogP contribution in [0, 0.1) is 17.8 Å². The predicted molar refractivity (Wildman–Crippen MR) is 279 cm³/mol. The van der Waals surface area contributed by atoms with E-state index in [1.807, 2.05) is 0 Å². The zero-order valence-electron chi connectivity index (χ0n) is 44.8. The van der Waals surface area contributed by atoms with Crippen LogP contribution in [-0.2, 0) is 28.6 Å². The fraction of sp³-hybridized carbons (Fsp3) is 0.949. The molecule has 6 nitrogen and oxygen atoms in total. The highest BCUT2D eigenvalue weighted by molar-refractivity contribution is 5.71. The third kappa shape index (κ3) is 53.2. The highest BCUT2D eigenvalue weighted by Crippen LogP contribution is 2.18. The molecule has 0 aromatic rings. The Bertz CT molecular complexity index is 1010. The van der Waals surface area contributed by atoms with Gasteiger partial charge in [0.2, 0.25) is 0 Å². The van der Waals surface area contributed by atoms with Crippen molar-refractivity contribution in [2.75, 3.05) is 13.2 Å². The van der Waals surface area contributed by atoms with Crippen LogP contribution in [-0.4, -0.2) is 37.2 Å². The Balaban J connectivity index is 4.24. The maximum atomic E-state index is 12.8. The van der Waals surface area contributed by atoms with E-state index in [0.29, 0.717) is 19.3 Å². The van der Waals surface area contributed by atoms with E-state index in [4.69, 9.17) is 14.2 Å². The van der Waals surface area contributed by atoms with Crippen molar-refractivity contribution in [3.05, 3.63) is 0 Å². The average Bonchev–Trinajstić information content (AvgIpc) is 3.26. The molecule has 65 heavy (non-hydrogen) atoms. The molecule has 0 amide bonds. The number of ether oxygens (including phenoxy) is 3. The zero-order valence-corrected chi connectivity index (χ0v) is 44.8. The molecule has 0 aromatic carbocycles. The molecule has 0 spiro atoms. The molecule has 0 radical (unpaired) electrons. The fourth-order valence-electron chi connectivity index (χ4n) is 9.00. The van der Waals surface area contributed by atoms with E-state index in [9.17, 15) is 14.4 Å². The summed E-state index contributed by atoms with van der Waals surface area (Å²) >= 11 is 0. The Hall–Kier alpha value is -1.59. The van der Waals surface area contributed by atoms with Crippen molar-refractivity contribution in [1.29, 1.82) is 0 Å². The molecule has 0 saturated heterocycles. The lowest BCUT2D eigenvalue weighted by Gasteiger charge is -2.18. The Morgan fingerprint density at radius 1 is 0.262 bits per heavy atom. The first-order valence-corrected chi connectivity index (χ1v) is 29.1. The van der Waals surface area contributed by atoms with Crippen LogP contribution < -0.4 is 0 Å². The van der Waals surface area contributed by atoms with Gasteiger partial charge in [0.25, 0.3) is 0 Å². The average molecular weight is 920 g/mol. The molecule has 0 aromatic heterocycles. The molecule has 0 heterocycles. The first-order valence-electron chi connectivity index (χ1n) is 29.1. The van der Waals surface area contributed by atoms with Crippen LogP contribution in [0.4, 0.5) is 0 Å². The zero-order chi connectivity index (χ0) is 47.7. The van der Waals surface area contributed by atoms with Gasteiger partial charge in [0.05, 0.1) is 0 Å². The Morgan fingerprint density at radius 2 is 0.446 bits per heavy atom. The second-order valence-corrected chi connectivity index (χ2v) is 21.7. The number of carbonyl (C=O) groups is 3. The molecule has 0 saturated carbocycles. The molecule has 0 aliphatic carbocycles. The van der Waals surface area contributed by atoms with Crippen molar-refractivity contribution in [3.8, 4) is 0 Å². The van der Waals surface area contributed by atoms with Crippen molar-refractivity contribution < 1.29 is 28.6 Å². The maximum absolute atomic E-state index is 12.8. The maximum Gasteiger partial charge on any atom is 0.306 e. The van der Waals surface area contributed by atoms with Gasteiger partial charge in [-0.25, -0.2) is 0 Å². The van der Waals surface area contributed by atoms with Crippen LogP contribution >= 0.6 is 0 Å². The smallest absolute Gasteiger partial charge is 0.306 e. The van der Waals surface area contributed by atoms with Crippen LogP contribution in [0.15, 0.2) is 0 Å². The molecule has 0 aliphatic rings. The quantitative estimate of drug-likeness (QED) is 0.0344. The minimum Gasteiger partial charge on any atom is -0.462 e. The van der Waals surface area contributed by atoms with E-state index in [1.54, 1.807) is 0 Å². The second-order valence-electron chi connectivity index (χ2n) is 21.7. The number of hydrogen-bond donors (Lipinski definition) is 0. The van der Waals surface area contributed by atoms with Crippen molar-refractivity contribution in [2.24, 2.45) is 17.8 Å². The molecular formula is C59H114O6. The molecule has 386 valence electrons. The summed E-state index contributed by atoms with van der Waals surface area (Å²) in [4.78, 5) is 38.1. The van der Waals surface area contributed by atoms with Crippen LogP contribution in [0.1, 0.15) is 324 Å². The van der Waals surface area contributed by atoms with Gasteiger partial charge in [-0.2, -0.15) is 0 Å². The predicted octanol–water partition coefficient (Wildman–Crippen LogP) is 19.1. The van der Waals surface area contributed by atoms with E-state index in [1.165, 1.54) is 205 Å². The Labute approximate surface area is 406 Å². The first kappa shape index (κ1) is 63.4. The Kier molecular flexibility index (Phi) is 49.1. The van der Waals surface area contributed by atoms with E-state index in [2.05, 4.69) is 41.5 Å². The lowest BCUT2D eigenvalue weighted by molar-refractivity contribution is -0.167. The van der Waals surface area contributed by atoms with Gasteiger partial charge in [-0.05, 0) is 37.0 Å². The third-order valence-electron chi connectivity index (χ3n) is 13.4. The second kappa shape index (κ2) is 50.3. The van der Waals surface area contributed by atoms with Gasteiger partial charge in [-0.1, -0.05) is 286 Å². The van der Waals surface area contributed by atoms with E-state index in [0.717, 1.165) is 75.5 Å². The summed E-state index contributed by atoms with van der Waals surface area (Å²) in [5.74, 6) is 1.65. The highest BCUT2D eigenvalue weighted by Gasteiger charge is 2.19. The van der Waals surface area contributed by atoms with Crippen molar-refractivity contribution in [3.63, 3.8) is 0 Å². The summed E-state index contributed by atoms with van der Waals surface area (Å²) in [6.45, 7) is 13.7. The summed E-state index contributed by atoms with van der Waals surface area (Å²) in [7, 11) is 0.